The summed E-state index contributed by atoms with van der Waals surface area (Å²) in [5.74, 6) is 1.42. The number of likely N-dealkylation sites (tertiary alicyclic amines) is 2. The van der Waals surface area contributed by atoms with Crippen LogP contribution in [0.2, 0.25) is 0 Å². The molecule has 7 heterocycles. The molecular weight excluding hydrogens is 837 g/mol. The zero-order valence-corrected chi connectivity index (χ0v) is 37.3. The molecule has 1 aromatic heterocycles. The van der Waals surface area contributed by atoms with Crippen LogP contribution in [-0.4, -0.2) is 135 Å². The van der Waals surface area contributed by atoms with E-state index in [2.05, 4.69) is 27.0 Å². The maximum absolute atomic E-state index is 13.7. The largest absolute Gasteiger partial charge is 0.457 e. The molecule has 2 atom stereocenters. The summed E-state index contributed by atoms with van der Waals surface area (Å²) in [4.78, 5) is 75.7. The molecule has 16 heteroatoms. The van der Waals surface area contributed by atoms with Gasteiger partial charge in [-0.2, -0.15) is 5.10 Å². The van der Waals surface area contributed by atoms with Crippen molar-refractivity contribution in [1.82, 2.24) is 39.6 Å². The minimum absolute atomic E-state index is 0.114. The Hall–Kier alpha value is -6.52. The fourth-order valence-corrected chi connectivity index (χ4v) is 10.9. The number of carbonyl (C=O) groups is 5. The van der Waals surface area contributed by atoms with Crippen molar-refractivity contribution in [3.05, 3.63) is 107 Å². The van der Waals surface area contributed by atoms with Gasteiger partial charge in [-0.25, -0.2) is 9.48 Å². The van der Waals surface area contributed by atoms with Gasteiger partial charge in [-0.15, -0.1) is 0 Å². The van der Waals surface area contributed by atoms with Gasteiger partial charge in [0.25, 0.3) is 17.7 Å². The molecule has 3 aromatic carbocycles. The number of fused-ring (bicyclic) bond motifs is 2. The number of nitrogens with one attached hydrogen (secondary N) is 2. The molecule has 6 amide bonds. The number of aromatic nitrogens is 2. The number of carbonyl (C=O) groups excluding carboxylic acids is 5. The number of ether oxygens (including phenoxy) is 1. The average molecular weight is 895 g/mol. The van der Waals surface area contributed by atoms with Crippen LogP contribution in [0.1, 0.15) is 87.6 Å². The topological polar surface area (TPSA) is 179 Å². The molecule has 6 aliphatic rings. The van der Waals surface area contributed by atoms with Gasteiger partial charge < -0.3 is 35.8 Å². The molecule has 0 saturated carbocycles. The Morgan fingerprint density at radius 1 is 0.758 bits per heavy atom. The Labute approximate surface area is 384 Å². The number of piperazine rings is 1. The standard InChI is InChI=1S/C50H58N10O6/c1-32-7-14-42(47(62)53-32)59-48(63)39-13-8-34(29-40(39)49(59)64)31-56-25-27-58(28-26-56)50(65)57-23-16-33(17-24-57)30-55-21-18-35(19-22-55)41-15-20-52-46-43(45(51)61)44(54-60(41)46)36-9-11-38(12-10-36)66-37-5-3-2-4-6-37/h2-6,8-13,29,33,35,41-42,52H,1,7,14-28,30-31H2,(H2,51,61)(H,53,62)/t41-,42?/m0/s1. The Balaban J connectivity index is 0.674. The highest BCUT2D eigenvalue weighted by molar-refractivity contribution is 6.23. The predicted octanol–water partition coefficient (Wildman–Crippen LogP) is 5.55. The van der Waals surface area contributed by atoms with E-state index < -0.39 is 23.8 Å². The van der Waals surface area contributed by atoms with Crippen molar-refractivity contribution in [2.75, 3.05) is 70.8 Å². The van der Waals surface area contributed by atoms with E-state index in [0.29, 0.717) is 97.0 Å². The van der Waals surface area contributed by atoms with Crippen LogP contribution in [0.5, 0.6) is 11.5 Å². The molecule has 344 valence electrons. The first-order chi connectivity index (χ1) is 32.1. The number of para-hydroxylation sites is 1. The molecule has 6 aliphatic heterocycles. The summed E-state index contributed by atoms with van der Waals surface area (Å²) < 4.78 is 8.03. The first-order valence-electron chi connectivity index (χ1n) is 23.6. The fraction of sp³-hybridized carbons (Fsp3) is 0.440. The lowest BCUT2D eigenvalue weighted by molar-refractivity contribution is -0.125. The van der Waals surface area contributed by atoms with Gasteiger partial charge in [-0.3, -0.25) is 29.0 Å². The van der Waals surface area contributed by atoms with Crippen molar-refractivity contribution in [2.24, 2.45) is 17.6 Å². The van der Waals surface area contributed by atoms with E-state index in [1.165, 1.54) is 0 Å². The lowest BCUT2D eigenvalue weighted by Gasteiger charge is -2.42. The van der Waals surface area contributed by atoms with Crippen molar-refractivity contribution in [3.8, 4) is 22.8 Å². The number of anilines is 1. The van der Waals surface area contributed by atoms with E-state index in [1.807, 2.05) is 75.1 Å². The van der Waals surface area contributed by atoms with Crippen LogP contribution in [0.25, 0.3) is 11.3 Å². The number of amides is 6. The average Bonchev–Trinajstić information content (AvgIpc) is 3.84. The fourth-order valence-electron chi connectivity index (χ4n) is 10.9. The summed E-state index contributed by atoms with van der Waals surface area (Å²) in [6.07, 6.45) is 5.92. The van der Waals surface area contributed by atoms with Crippen LogP contribution < -0.4 is 21.1 Å². The minimum Gasteiger partial charge on any atom is -0.457 e. The maximum atomic E-state index is 13.7. The summed E-state index contributed by atoms with van der Waals surface area (Å²) in [5, 5.41) is 11.2. The molecule has 0 bridgehead atoms. The number of rotatable bonds is 10. The monoisotopic (exact) mass is 894 g/mol. The summed E-state index contributed by atoms with van der Waals surface area (Å²) in [6.45, 7) is 12.5. The second kappa shape index (κ2) is 18.4. The molecule has 0 radical (unpaired) electrons. The number of hydrogen-bond donors (Lipinski definition) is 3. The molecule has 10 rings (SSSR count). The van der Waals surface area contributed by atoms with Crippen molar-refractivity contribution in [3.63, 3.8) is 0 Å². The predicted molar refractivity (Wildman–Crippen MR) is 248 cm³/mol. The van der Waals surface area contributed by atoms with Gasteiger partial charge in [0, 0.05) is 70.2 Å². The van der Waals surface area contributed by atoms with Gasteiger partial charge in [0.05, 0.1) is 17.2 Å². The van der Waals surface area contributed by atoms with E-state index in [4.69, 9.17) is 15.6 Å². The Bertz CT molecular complexity index is 2520. The zero-order chi connectivity index (χ0) is 45.5. The zero-order valence-electron chi connectivity index (χ0n) is 37.3. The van der Waals surface area contributed by atoms with E-state index in [1.54, 1.807) is 12.1 Å². The molecule has 1 unspecified atom stereocenters. The first-order valence-corrected chi connectivity index (χ1v) is 23.6. The third kappa shape index (κ3) is 8.66. The van der Waals surface area contributed by atoms with Crippen LogP contribution in [0.4, 0.5) is 10.6 Å². The summed E-state index contributed by atoms with van der Waals surface area (Å²) >= 11 is 0. The SMILES string of the molecule is C=C1CCC(N2C(=O)c3ccc(CN4CCN(C(=O)N5CCC(CN6CCC([C@@H]7CCNc8c(C(N)=O)c(-c9ccc(Oc%10ccccc%10)cc9)nn87)CC6)CC5)CC4)cc3C2=O)C(=O)N1. The summed E-state index contributed by atoms with van der Waals surface area (Å²) in [6, 6.07) is 22.1. The first kappa shape index (κ1) is 43.4. The third-order valence-electron chi connectivity index (χ3n) is 14.6. The number of nitrogens with two attached hydrogens (primary N) is 1. The van der Waals surface area contributed by atoms with Crippen LogP contribution in [-0.2, 0) is 11.3 Å². The normalized spacial score (nSPS) is 22.2. The number of imide groups is 1. The van der Waals surface area contributed by atoms with Gasteiger partial charge >= 0.3 is 6.03 Å². The Kier molecular flexibility index (Phi) is 12.1. The Morgan fingerprint density at radius 2 is 1.45 bits per heavy atom. The van der Waals surface area contributed by atoms with Gasteiger partial charge in [-0.05, 0) is 124 Å². The second-order valence-corrected chi connectivity index (χ2v) is 18.7. The highest BCUT2D eigenvalue weighted by Crippen LogP contribution is 2.41. The molecular formula is C50H58N10O6. The van der Waals surface area contributed by atoms with Crippen molar-refractivity contribution >= 4 is 35.5 Å². The molecule has 4 N–H and O–H groups in total. The van der Waals surface area contributed by atoms with E-state index in [0.717, 1.165) is 93.1 Å². The van der Waals surface area contributed by atoms with E-state index >= 15 is 0 Å². The van der Waals surface area contributed by atoms with Gasteiger partial charge in [-0.1, -0.05) is 30.8 Å². The van der Waals surface area contributed by atoms with Gasteiger partial charge in [0.15, 0.2) is 0 Å². The quantitative estimate of drug-likeness (QED) is 0.171. The number of benzene rings is 3. The molecule has 4 aromatic rings. The number of hydrogen-bond acceptors (Lipinski definition) is 10. The minimum atomic E-state index is -0.833. The van der Waals surface area contributed by atoms with Gasteiger partial charge in [0.1, 0.15) is 34.6 Å². The number of nitrogens with zero attached hydrogens (tertiary/aromatic N) is 7. The maximum Gasteiger partial charge on any atom is 0.320 e. The highest BCUT2D eigenvalue weighted by atomic mass is 16.5. The highest BCUT2D eigenvalue weighted by Gasteiger charge is 2.44. The smallest absolute Gasteiger partial charge is 0.320 e. The lowest BCUT2D eigenvalue weighted by Crippen LogP contribution is -2.54. The molecule has 4 saturated heterocycles. The van der Waals surface area contributed by atoms with Crippen molar-refractivity contribution in [1.29, 1.82) is 0 Å². The lowest BCUT2D eigenvalue weighted by atomic mass is 9.86. The number of allylic oxidation sites excluding steroid dienone is 1. The van der Waals surface area contributed by atoms with Crippen molar-refractivity contribution in [2.45, 2.75) is 63.6 Å². The van der Waals surface area contributed by atoms with E-state index in [-0.39, 0.29) is 18.0 Å². The van der Waals surface area contributed by atoms with Crippen LogP contribution in [0.3, 0.4) is 0 Å². The number of piperidine rings is 3. The summed E-state index contributed by atoms with van der Waals surface area (Å²) in [5.41, 5.74) is 10.0. The number of primary amides is 1. The number of urea groups is 1. The molecule has 0 aliphatic carbocycles. The third-order valence-corrected chi connectivity index (χ3v) is 14.6. The molecule has 16 nitrogen and oxygen atoms in total. The van der Waals surface area contributed by atoms with Crippen molar-refractivity contribution < 1.29 is 28.7 Å². The molecule has 4 fully saturated rings. The van der Waals surface area contributed by atoms with Crippen LogP contribution in [0, 0.1) is 11.8 Å². The van der Waals surface area contributed by atoms with Crippen LogP contribution in [0.15, 0.2) is 85.1 Å². The molecule has 66 heavy (non-hydrogen) atoms. The Morgan fingerprint density at radius 3 is 2.17 bits per heavy atom. The second-order valence-electron chi connectivity index (χ2n) is 18.7. The van der Waals surface area contributed by atoms with E-state index in [9.17, 15) is 24.0 Å². The summed E-state index contributed by atoms with van der Waals surface area (Å²) in [7, 11) is 0. The van der Waals surface area contributed by atoms with Crippen LogP contribution >= 0.6 is 0 Å². The van der Waals surface area contributed by atoms with Gasteiger partial charge in [0.2, 0.25) is 5.91 Å². The molecule has 0 spiro atoms.